The first-order valence-corrected chi connectivity index (χ1v) is 9.71. The molecule has 0 aliphatic heterocycles. The van der Waals surface area contributed by atoms with E-state index in [1.807, 2.05) is 73.7 Å². The van der Waals surface area contributed by atoms with Crippen molar-refractivity contribution < 1.29 is 9.53 Å². The highest BCUT2D eigenvalue weighted by Crippen LogP contribution is 2.26. The summed E-state index contributed by atoms with van der Waals surface area (Å²) >= 11 is 5.90. The number of amides is 1. The van der Waals surface area contributed by atoms with Crippen LogP contribution >= 0.6 is 11.6 Å². The van der Waals surface area contributed by atoms with Gasteiger partial charge in [-0.3, -0.25) is 4.79 Å². The quantitative estimate of drug-likeness (QED) is 0.530. The van der Waals surface area contributed by atoms with E-state index in [1.54, 1.807) is 0 Å². The summed E-state index contributed by atoms with van der Waals surface area (Å²) in [6.45, 7) is 2.58. The van der Waals surface area contributed by atoms with Gasteiger partial charge in [-0.05, 0) is 48.4 Å². The summed E-state index contributed by atoms with van der Waals surface area (Å²) in [6.07, 6.45) is 1.90. The monoisotopic (exact) mass is 381 g/mol. The Morgan fingerprint density at radius 1 is 1.04 bits per heavy atom. The Kier molecular flexibility index (Phi) is 6.72. The standard InChI is InChI=1S/C23H24ClNO2/c1-2-21(27-22-11-5-9-18-8-3-4-10-20(18)22)23(26)25-16-6-7-17-12-14-19(24)15-13-17/h3-5,8-15,21H,2,6-7,16H2,1H3,(H,25,26)/t21-/m0/s1. The Morgan fingerprint density at radius 2 is 1.78 bits per heavy atom. The lowest BCUT2D eigenvalue weighted by Gasteiger charge is -2.18. The SMILES string of the molecule is CC[C@H](Oc1cccc2ccccc12)C(=O)NCCCc1ccc(Cl)cc1. The Morgan fingerprint density at radius 3 is 2.56 bits per heavy atom. The van der Waals surface area contributed by atoms with Crippen molar-refractivity contribution in [3.05, 3.63) is 77.3 Å². The maximum absolute atomic E-state index is 12.5. The van der Waals surface area contributed by atoms with Crippen molar-refractivity contribution in [2.45, 2.75) is 32.3 Å². The first-order valence-electron chi connectivity index (χ1n) is 9.34. The van der Waals surface area contributed by atoms with E-state index >= 15 is 0 Å². The molecule has 3 aromatic rings. The van der Waals surface area contributed by atoms with Gasteiger partial charge in [0, 0.05) is 17.0 Å². The van der Waals surface area contributed by atoms with Gasteiger partial charge in [-0.15, -0.1) is 0 Å². The molecule has 0 aromatic heterocycles. The van der Waals surface area contributed by atoms with Gasteiger partial charge in [-0.1, -0.05) is 67.1 Å². The van der Waals surface area contributed by atoms with E-state index in [1.165, 1.54) is 5.56 Å². The second kappa shape index (κ2) is 9.43. The number of carbonyl (C=O) groups is 1. The lowest BCUT2D eigenvalue weighted by atomic mass is 10.1. The molecule has 0 saturated heterocycles. The molecule has 0 unspecified atom stereocenters. The molecule has 0 aliphatic rings. The third-order valence-electron chi connectivity index (χ3n) is 4.54. The number of nitrogens with one attached hydrogen (secondary N) is 1. The number of hydrogen-bond acceptors (Lipinski definition) is 2. The molecule has 0 radical (unpaired) electrons. The van der Waals surface area contributed by atoms with Crippen LogP contribution in [0.25, 0.3) is 10.8 Å². The molecule has 0 heterocycles. The van der Waals surface area contributed by atoms with Gasteiger partial charge in [-0.2, -0.15) is 0 Å². The first kappa shape index (κ1) is 19.2. The predicted molar refractivity (Wildman–Crippen MR) is 111 cm³/mol. The fourth-order valence-corrected chi connectivity index (χ4v) is 3.17. The molecule has 27 heavy (non-hydrogen) atoms. The average Bonchev–Trinajstić information content (AvgIpc) is 2.70. The van der Waals surface area contributed by atoms with Gasteiger partial charge in [0.05, 0.1) is 0 Å². The second-order valence-corrected chi connectivity index (χ2v) is 6.95. The molecule has 1 atom stereocenters. The summed E-state index contributed by atoms with van der Waals surface area (Å²) in [5.74, 6) is 0.679. The van der Waals surface area contributed by atoms with E-state index in [-0.39, 0.29) is 5.91 Å². The molecule has 0 bridgehead atoms. The maximum atomic E-state index is 12.5. The zero-order valence-electron chi connectivity index (χ0n) is 15.5. The van der Waals surface area contributed by atoms with Gasteiger partial charge in [-0.25, -0.2) is 0 Å². The Labute approximate surface area is 165 Å². The molecule has 0 spiro atoms. The summed E-state index contributed by atoms with van der Waals surface area (Å²) in [4.78, 5) is 12.5. The molecule has 4 heteroatoms. The van der Waals surface area contributed by atoms with E-state index in [9.17, 15) is 4.79 Å². The average molecular weight is 382 g/mol. The minimum atomic E-state index is -0.494. The van der Waals surface area contributed by atoms with Gasteiger partial charge >= 0.3 is 0 Å². The Hall–Kier alpha value is -2.52. The highest BCUT2D eigenvalue weighted by molar-refractivity contribution is 6.30. The molecular weight excluding hydrogens is 358 g/mol. The van der Waals surface area contributed by atoms with Gasteiger partial charge in [0.15, 0.2) is 6.10 Å². The van der Waals surface area contributed by atoms with Crippen LogP contribution in [0.3, 0.4) is 0 Å². The molecule has 3 aromatic carbocycles. The van der Waals surface area contributed by atoms with E-state index in [0.29, 0.717) is 13.0 Å². The lowest BCUT2D eigenvalue weighted by Crippen LogP contribution is -2.38. The molecule has 0 saturated carbocycles. The summed E-state index contributed by atoms with van der Waals surface area (Å²) in [5, 5.41) is 5.86. The van der Waals surface area contributed by atoms with Gasteiger partial charge in [0.2, 0.25) is 0 Å². The van der Waals surface area contributed by atoms with Crippen molar-refractivity contribution in [3.63, 3.8) is 0 Å². The van der Waals surface area contributed by atoms with E-state index in [0.717, 1.165) is 34.4 Å². The smallest absolute Gasteiger partial charge is 0.261 e. The zero-order chi connectivity index (χ0) is 19.1. The summed E-state index contributed by atoms with van der Waals surface area (Å²) in [7, 11) is 0. The van der Waals surface area contributed by atoms with Crippen LogP contribution < -0.4 is 10.1 Å². The zero-order valence-corrected chi connectivity index (χ0v) is 16.2. The van der Waals surface area contributed by atoms with Crippen LogP contribution in [-0.2, 0) is 11.2 Å². The molecule has 1 N–H and O–H groups in total. The molecule has 0 aliphatic carbocycles. The first-order chi connectivity index (χ1) is 13.2. The number of carbonyl (C=O) groups excluding carboxylic acids is 1. The molecule has 3 nitrogen and oxygen atoms in total. The van der Waals surface area contributed by atoms with Crippen molar-refractivity contribution in [2.24, 2.45) is 0 Å². The summed E-state index contributed by atoms with van der Waals surface area (Å²) in [6, 6.07) is 21.8. The molecule has 0 fully saturated rings. The number of ether oxygens (including phenoxy) is 1. The van der Waals surface area contributed by atoms with E-state index in [4.69, 9.17) is 16.3 Å². The van der Waals surface area contributed by atoms with Crippen LogP contribution in [0.4, 0.5) is 0 Å². The van der Waals surface area contributed by atoms with Crippen molar-refractivity contribution in [1.82, 2.24) is 5.32 Å². The molecule has 1 amide bonds. The van der Waals surface area contributed by atoms with Gasteiger partial charge < -0.3 is 10.1 Å². The van der Waals surface area contributed by atoms with Gasteiger partial charge in [0.25, 0.3) is 5.91 Å². The normalized spacial score (nSPS) is 11.9. The largest absolute Gasteiger partial charge is 0.480 e. The number of halogens is 1. The second-order valence-electron chi connectivity index (χ2n) is 6.51. The summed E-state index contributed by atoms with van der Waals surface area (Å²) < 4.78 is 6.04. The fourth-order valence-electron chi connectivity index (χ4n) is 3.04. The maximum Gasteiger partial charge on any atom is 0.261 e. The van der Waals surface area contributed by atoms with Crippen LogP contribution in [0.2, 0.25) is 5.02 Å². The van der Waals surface area contributed by atoms with Crippen LogP contribution in [0.5, 0.6) is 5.75 Å². The third kappa shape index (κ3) is 5.24. The number of benzene rings is 3. The highest BCUT2D eigenvalue weighted by atomic mass is 35.5. The third-order valence-corrected chi connectivity index (χ3v) is 4.79. The van der Waals surface area contributed by atoms with Crippen LogP contribution in [-0.4, -0.2) is 18.6 Å². The lowest BCUT2D eigenvalue weighted by molar-refractivity contribution is -0.128. The van der Waals surface area contributed by atoms with Crippen molar-refractivity contribution >= 4 is 28.3 Å². The van der Waals surface area contributed by atoms with E-state index in [2.05, 4.69) is 5.32 Å². The highest BCUT2D eigenvalue weighted by Gasteiger charge is 2.18. The van der Waals surface area contributed by atoms with Crippen LogP contribution in [0, 0.1) is 0 Å². The van der Waals surface area contributed by atoms with Crippen LogP contribution in [0.15, 0.2) is 66.7 Å². The molecular formula is C23H24ClNO2. The van der Waals surface area contributed by atoms with Crippen molar-refractivity contribution in [1.29, 1.82) is 0 Å². The minimum Gasteiger partial charge on any atom is -0.480 e. The Bertz CT molecular complexity index is 887. The Balaban J connectivity index is 1.53. The minimum absolute atomic E-state index is 0.0680. The molecule has 3 rings (SSSR count). The van der Waals surface area contributed by atoms with E-state index < -0.39 is 6.10 Å². The number of hydrogen-bond donors (Lipinski definition) is 1. The number of aryl methyl sites for hydroxylation is 1. The van der Waals surface area contributed by atoms with Crippen molar-refractivity contribution in [2.75, 3.05) is 6.54 Å². The number of fused-ring (bicyclic) bond motifs is 1. The van der Waals surface area contributed by atoms with Crippen molar-refractivity contribution in [3.8, 4) is 5.75 Å². The summed E-state index contributed by atoms with van der Waals surface area (Å²) in [5.41, 5.74) is 1.22. The fraction of sp³-hybridized carbons (Fsp3) is 0.261. The number of rotatable bonds is 8. The van der Waals surface area contributed by atoms with Crippen LogP contribution in [0.1, 0.15) is 25.3 Å². The predicted octanol–water partition coefficient (Wildman–Crippen LogP) is 5.40. The molecule has 140 valence electrons. The topological polar surface area (TPSA) is 38.3 Å². The van der Waals surface area contributed by atoms with Gasteiger partial charge in [0.1, 0.15) is 5.75 Å².